The van der Waals surface area contributed by atoms with E-state index in [2.05, 4.69) is 10.6 Å². The topological polar surface area (TPSA) is 117 Å². The maximum Gasteiger partial charge on any atom is 0.273 e. The minimum Gasteiger partial charge on any atom is -0.494 e. The first kappa shape index (κ1) is 15.3. The van der Waals surface area contributed by atoms with Crippen molar-refractivity contribution in [3.8, 4) is 11.8 Å². The van der Waals surface area contributed by atoms with E-state index in [-0.39, 0.29) is 22.7 Å². The first-order valence-electron chi connectivity index (χ1n) is 6.55. The third-order valence-electron chi connectivity index (χ3n) is 3.05. The maximum atomic E-state index is 12.0. The number of rotatable bonds is 6. The second kappa shape index (κ2) is 6.58. The molecule has 0 radical (unpaired) electrons. The van der Waals surface area contributed by atoms with Gasteiger partial charge >= 0.3 is 0 Å². The Labute approximate surface area is 126 Å². The van der Waals surface area contributed by atoms with Crippen LogP contribution in [0.25, 0.3) is 0 Å². The number of benzene rings is 1. The molecule has 1 aromatic carbocycles. The molecule has 0 spiro atoms. The van der Waals surface area contributed by atoms with Crippen molar-refractivity contribution in [3.63, 3.8) is 0 Å². The molecule has 0 bridgehead atoms. The lowest BCUT2D eigenvalue weighted by Gasteiger charge is -2.09. The molecule has 8 heteroatoms. The van der Waals surface area contributed by atoms with Crippen LogP contribution in [0.5, 0.6) is 5.75 Å². The van der Waals surface area contributed by atoms with Crippen molar-refractivity contribution in [1.29, 1.82) is 5.26 Å². The van der Waals surface area contributed by atoms with Crippen molar-refractivity contribution >= 4 is 17.3 Å². The highest BCUT2D eigenvalue weighted by atomic mass is 16.6. The molecule has 1 fully saturated rings. The second-order valence-electron chi connectivity index (χ2n) is 4.71. The first-order valence-corrected chi connectivity index (χ1v) is 6.55. The van der Waals surface area contributed by atoms with Crippen LogP contribution in [-0.4, -0.2) is 24.0 Å². The zero-order chi connectivity index (χ0) is 16.1. The van der Waals surface area contributed by atoms with Crippen molar-refractivity contribution in [2.24, 2.45) is 0 Å². The molecule has 0 heterocycles. The van der Waals surface area contributed by atoms with Gasteiger partial charge in [-0.1, -0.05) is 0 Å². The van der Waals surface area contributed by atoms with E-state index in [4.69, 9.17) is 10.00 Å². The summed E-state index contributed by atoms with van der Waals surface area (Å²) < 4.78 is 5.02. The van der Waals surface area contributed by atoms with Crippen LogP contribution in [0, 0.1) is 21.4 Å². The van der Waals surface area contributed by atoms with Crippen molar-refractivity contribution in [3.05, 3.63) is 40.1 Å². The minimum atomic E-state index is -0.609. The number of nitriles is 1. The molecule has 1 aromatic rings. The predicted molar refractivity (Wildman–Crippen MR) is 78.1 cm³/mol. The molecule has 2 rings (SSSR count). The Morgan fingerprint density at radius 1 is 1.55 bits per heavy atom. The molecule has 1 amide bonds. The number of hydrogen-bond donors (Lipinski definition) is 2. The van der Waals surface area contributed by atoms with Gasteiger partial charge in [-0.25, -0.2) is 0 Å². The Morgan fingerprint density at radius 3 is 2.82 bits per heavy atom. The van der Waals surface area contributed by atoms with Crippen LogP contribution in [0.3, 0.4) is 0 Å². The van der Waals surface area contributed by atoms with Gasteiger partial charge in [-0.2, -0.15) is 5.26 Å². The summed E-state index contributed by atoms with van der Waals surface area (Å²) in [6.45, 7) is 0. The van der Waals surface area contributed by atoms with Crippen LogP contribution in [0.4, 0.5) is 11.4 Å². The van der Waals surface area contributed by atoms with E-state index in [0.717, 1.165) is 12.8 Å². The highest BCUT2D eigenvalue weighted by Gasteiger charge is 2.21. The fourth-order valence-electron chi connectivity index (χ4n) is 1.69. The van der Waals surface area contributed by atoms with E-state index in [0.29, 0.717) is 6.04 Å². The molecule has 114 valence electrons. The van der Waals surface area contributed by atoms with Crippen molar-refractivity contribution < 1.29 is 14.5 Å². The molecule has 0 aliphatic heterocycles. The Morgan fingerprint density at radius 2 is 2.27 bits per heavy atom. The summed E-state index contributed by atoms with van der Waals surface area (Å²) in [7, 11) is 1.34. The molecular weight excluding hydrogens is 288 g/mol. The average molecular weight is 302 g/mol. The molecule has 0 unspecified atom stereocenters. The van der Waals surface area contributed by atoms with Gasteiger partial charge in [-0.15, -0.1) is 0 Å². The fourth-order valence-corrected chi connectivity index (χ4v) is 1.69. The number of amides is 1. The summed E-state index contributed by atoms with van der Waals surface area (Å²) in [6, 6.07) is 5.94. The minimum absolute atomic E-state index is 0.0766. The van der Waals surface area contributed by atoms with E-state index >= 15 is 0 Å². The Balaban J connectivity index is 2.14. The van der Waals surface area contributed by atoms with Crippen LogP contribution < -0.4 is 15.4 Å². The van der Waals surface area contributed by atoms with Crippen molar-refractivity contribution in [1.82, 2.24) is 5.32 Å². The monoisotopic (exact) mass is 302 g/mol. The first-order chi connectivity index (χ1) is 10.5. The van der Waals surface area contributed by atoms with Crippen LogP contribution in [0.1, 0.15) is 12.8 Å². The van der Waals surface area contributed by atoms with E-state index in [1.165, 1.54) is 31.5 Å². The highest BCUT2D eigenvalue weighted by molar-refractivity contribution is 6.07. The number of nitro groups is 1. The molecule has 0 atom stereocenters. The molecule has 22 heavy (non-hydrogen) atoms. The van der Waals surface area contributed by atoms with E-state index < -0.39 is 10.8 Å². The number of non-ortho nitro benzene ring substituents is 1. The SMILES string of the molecule is COc1cc([N+](=O)[O-])ccc1NC(=O)/C(C#N)=C\NC1CC1. The lowest BCUT2D eigenvalue weighted by atomic mass is 10.2. The van der Waals surface area contributed by atoms with Gasteiger partial charge in [0, 0.05) is 18.3 Å². The molecule has 8 nitrogen and oxygen atoms in total. The second-order valence-corrected chi connectivity index (χ2v) is 4.71. The van der Waals surface area contributed by atoms with Gasteiger partial charge in [-0.3, -0.25) is 14.9 Å². The van der Waals surface area contributed by atoms with Gasteiger partial charge in [0.1, 0.15) is 17.4 Å². The summed E-state index contributed by atoms with van der Waals surface area (Å²) in [5.74, 6) is -0.460. The number of carbonyl (C=O) groups is 1. The van der Waals surface area contributed by atoms with E-state index in [9.17, 15) is 14.9 Å². The number of nitro benzene ring substituents is 1. The van der Waals surface area contributed by atoms with Crippen LogP contribution in [-0.2, 0) is 4.79 Å². The van der Waals surface area contributed by atoms with Gasteiger partial charge in [0.25, 0.3) is 11.6 Å². The van der Waals surface area contributed by atoms with Crippen LogP contribution in [0.15, 0.2) is 30.0 Å². The van der Waals surface area contributed by atoms with E-state index in [1.54, 1.807) is 0 Å². The van der Waals surface area contributed by atoms with Gasteiger partial charge < -0.3 is 15.4 Å². The number of nitrogens with one attached hydrogen (secondary N) is 2. The van der Waals surface area contributed by atoms with Crippen molar-refractivity contribution in [2.45, 2.75) is 18.9 Å². The number of hydrogen-bond acceptors (Lipinski definition) is 6. The normalized spacial score (nSPS) is 13.9. The van der Waals surface area contributed by atoms with Gasteiger partial charge in [-0.05, 0) is 18.9 Å². The van der Waals surface area contributed by atoms with Crippen LogP contribution >= 0.6 is 0 Å². The third kappa shape index (κ3) is 3.73. The molecule has 1 saturated carbocycles. The average Bonchev–Trinajstić information content (AvgIpc) is 3.32. The van der Waals surface area contributed by atoms with Gasteiger partial charge in [0.2, 0.25) is 0 Å². The lowest BCUT2D eigenvalue weighted by Crippen LogP contribution is -2.18. The number of carbonyl (C=O) groups excluding carboxylic acids is 1. The molecule has 0 saturated heterocycles. The molecule has 1 aliphatic rings. The Kier molecular flexibility index (Phi) is 4.58. The molecule has 1 aliphatic carbocycles. The summed E-state index contributed by atoms with van der Waals surface area (Å²) in [5.41, 5.74) is 0.0271. The zero-order valence-corrected chi connectivity index (χ0v) is 11.8. The summed E-state index contributed by atoms with van der Waals surface area (Å²) in [5, 5.41) is 25.2. The standard InChI is InChI=1S/C14H14N4O4/c1-22-13-6-11(18(20)21)4-5-12(13)17-14(19)9(7-15)8-16-10-2-3-10/h4-6,8,10,16H,2-3H2,1H3,(H,17,19)/b9-8-. The molecule has 0 aromatic heterocycles. The number of methoxy groups -OCH3 is 1. The maximum absolute atomic E-state index is 12.0. The summed E-state index contributed by atoms with van der Waals surface area (Å²) >= 11 is 0. The van der Waals surface area contributed by atoms with E-state index in [1.807, 2.05) is 6.07 Å². The largest absolute Gasteiger partial charge is 0.494 e. The predicted octanol–water partition coefficient (Wildman–Crippen LogP) is 1.70. The van der Waals surface area contributed by atoms with Crippen molar-refractivity contribution in [2.75, 3.05) is 12.4 Å². The Bertz CT molecular complexity index is 674. The number of ether oxygens (including phenoxy) is 1. The number of anilines is 1. The summed E-state index contributed by atoms with van der Waals surface area (Å²) in [4.78, 5) is 22.2. The smallest absolute Gasteiger partial charge is 0.273 e. The summed E-state index contributed by atoms with van der Waals surface area (Å²) in [6.07, 6.45) is 3.42. The third-order valence-corrected chi connectivity index (χ3v) is 3.05. The Hall–Kier alpha value is -3.08. The lowest BCUT2D eigenvalue weighted by molar-refractivity contribution is -0.384. The number of nitrogens with zero attached hydrogens (tertiary/aromatic N) is 2. The molecular formula is C14H14N4O4. The van der Waals surface area contributed by atoms with Gasteiger partial charge in [0.05, 0.1) is 23.8 Å². The fraction of sp³-hybridized carbons (Fsp3) is 0.286. The quantitative estimate of drug-likeness (QED) is 0.357. The van der Waals surface area contributed by atoms with Crippen LogP contribution in [0.2, 0.25) is 0 Å². The highest BCUT2D eigenvalue weighted by Crippen LogP contribution is 2.29. The van der Waals surface area contributed by atoms with Gasteiger partial charge in [0.15, 0.2) is 0 Å². The zero-order valence-electron chi connectivity index (χ0n) is 11.8. The molecule has 2 N–H and O–H groups in total.